The van der Waals surface area contributed by atoms with Gasteiger partial charge in [-0.25, -0.2) is 9.79 Å². The van der Waals surface area contributed by atoms with Crippen LogP contribution < -0.4 is 11.5 Å². The minimum Gasteiger partial charge on any atom is -0.467 e. The topological polar surface area (TPSA) is 90.7 Å². The molecule has 1 atom stereocenters. The normalized spacial score (nSPS) is 11.6. The van der Waals surface area contributed by atoms with E-state index in [1.807, 2.05) is 6.07 Å². The van der Waals surface area contributed by atoms with Crippen LogP contribution in [0.3, 0.4) is 0 Å². The number of guanidine groups is 1. The molecule has 0 heterocycles. The van der Waals surface area contributed by atoms with Crippen molar-refractivity contribution in [1.29, 1.82) is 0 Å². The van der Waals surface area contributed by atoms with E-state index in [1.54, 1.807) is 18.2 Å². The highest BCUT2D eigenvalue weighted by Crippen LogP contribution is 2.22. The summed E-state index contributed by atoms with van der Waals surface area (Å²) in [6.07, 6.45) is 0. The number of hydrogen-bond donors (Lipinski definition) is 2. The molecule has 0 aliphatic carbocycles. The molecule has 1 rings (SSSR count). The van der Waals surface area contributed by atoms with Crippen LogP contribution in [0.1, 0.15) is 11.6 Å². The van der Waals surface area contributed by atoms with Gasteiger partial charge in [-0.15, -0.1) is 0 Å². The van der Waals surface area contributed by atoms with E-state index in [0.29, 0.717) is 5.56 Å². The highest BCUT2D eigenvalue weighted by atomic mass is 79.9. The van der Waals surface area contributed by atoms with E-state index < -0.39 is 12.0 Å². The molecular formula is C10H12BrN3O2. The maximum atomic E-state index is 11.5. The van der Waals surface area contributed by atoms with Gasteiger partial charge in [0.2, 0.25) is 0 Å². The SMILES string of the molecule is COC(=O)C(N=C(N)N)c1cccc(Br)c1. The van der Waals surface area contributed by atoms with E-state index in [0.717, 1.165) is 4.47 Å². The highest BCUT2D eigenvalue weighted by molar-refractivity contribution is 9.10. The smallest absolute Gasteiger partial charge is 0.335 e. The van der Waals surface area contributed by atoms with Gasteiger partial charge in [-0.1, -0.05) is 28.1 Å². The Morgan fingerprint density at radius 3 is 2.69 bits per heavy atom. The summed E-state index contributed by atoms with van der Waals surface area (Å²) in [5, 5.41) is 0. The van der Waals surface area contributed by atoms with Gasteiger partial charge in [0.15, 0.2) is 12.0 Å². The van der Waals surface area contributed by atoms with Gasteiger partial charge in [-0.2, -0.15) is 0 Å². The number of hydrogen-bond acceptors (Lipinski definition) is 3. The molecule has 16 heavy (non-hydrogen) atoms. The van der Waals surface area contributed by atoms with Crippen molar-refractivity contribution in [3.8, 4) is 0 Å². The molecule has 86 valence electrons. The van der Waals surface area contributed by atoms with Gasteiger partial charge in [-0.05, 0) is 17.7 Å². The second-order valence-corrected chi connectivity index (χ2v) is 3.95. The maximum Gasteiger partial charge on any atom is 0.335 e. The van der Waals surface area contributed by atoms with Crippen molar-refractivity contribution < 1.29 is 9.53 Å². The number of nitrogens with zero attached hydrogens (tertiary/aromatic N) is 1. The molecule has 5 nitrogen and oxygen atoms in total. The van der Waals surface area contributed by atoms with E-state index >= 15 is 0 Å². The van der Waals surface area contributed by atoms with Crippen molar-refractivity contribution in [1.82, 2.24) is 0 Å². The van der Waals surface area contributed by atoms with Crippen molar-refractivity contribution in [3.63, 3.8) is 0 Å². The lowest BCUT2D eigenvalue weighted by Gasteiger charge is -2.11. The first-order chi connectivity index (χ1) is 7.54. The minimum atomic E-state index is -0.826. The summed E-state index contributed by atoms with van der Waals surface area (Å²) in [5.41, 5.74) is 11.2. The fourth-order valence-electron chi connectivity index (χ4n) is 1.20. The first-order valence-corrected chi connectivity index (χ1v) is 5.26. The molecular weight excluding hydrogens is 274 g/mol. The molecule has 1 aromatic carbocycles. The summed E-state index contributed by atoms with van der Waals surface area (Å²) in [6.45, 7) is 0. The fraction of sp³-hybridized carbons (Fsp3) is 0.200. The number of nitrogens with two attached hydrogens (primary N) is 2. The number of ether oxygens (including phenoxy) is 1. The molecule has 1 unspecified atom stereocenters. The van der Waals surface area contributed by atoms with Crippen LogP contribution in [0.4, 0.5) is 0 Å². The Morgan fingerprint density at radius 2 is 2.19 bits per heavy atom. The molecule has 4 N–H and O–H groups in total. The average Bonchev–Trinajstić information content (AvgIpc) is 2.24. The molecule has 0 spiro atoms. The predicted molar refractivity (Wildman–Crippen MR) is 64.7 cm³/mol. The number of halogens is 1. The van der Waals surface area contributed by atoms with Crippen molar-refractivity contribution in [2.75, 3.05) is 7.11 Å². The Hall–Kier alpha value is -1.56. The predicted octanol–water partition coefficient (Wildman–Crippen LogP) is 0.937. The number of methoxy groups -OCH3 is 1. The van der Waals surface area contributed by atoms with E-state index in [4.69, 9.17) is 11.5 Å². The van der Waals surface area contributed by atoms with E-state index in [1.165, 1.54) is 7.11 Å². The second-order valence-electron chi connectivity index (χ2n) is 3.03. The largest absolute Gasteiger partial charge is 0.467 e. The molecule has 6 heteroatoms. The lowest BCUT2D eigenvalue weighted by molar-refractivity contribution is -0.142. The number of aliphatic imine (C=N–C) groups is 1. The molecule has 0 aliphatic heterocycles. The fourth-order valence-corrected chi connectivity index (χ4v) is 1.62. The third-order valence-electron chi connectivity index (χ3n) is 1.87. The molecule has 0 saturated carbocycles. The summed E-state index contributed by atoms with van der Waals surface area (Å²) < 4.78 is 5.47. The lowest BCUT2D eigenvalue weighted by atomic mass is 10.1. The summed E-state index contributed by atoms with van der Waals surface area (Å²) in [6, 6.07) is 6.31. The van der Waals surface area contributed by atoms with Gasteiger partial charge in [0, 0.05) is 4.47 Å². The van der Waals surface area contributed by atoms with Crippen molar-refractivity contribution in [2.45, 2.75) is 6.04 Å². The Morgan fingerprint density at radius 1 is 1.50 bits per heavy atom. The van der Waals surface area contributed by atoms with Crippen LogP contribution in [-0.4, -0.2) is 19.0 Å². The van der Waals surface area contributed by atoms with Crippen LogP contribution in [0.5, 0.6) is 0 Å². The molecule has 0 aromatic heterocycles. The number of rotatable bonds is 3. The highest BCUT2D eigenvalue weighted by Gasteiger charge is 2.20. The summed E-state index contributed by atoms with van der Waals surface area (Å²) in [4.78, 5) is 15.3. The summed E-state index contributed by atoms with van der Waals surface area (Å²) >= 11 is 3.30. The third-order valence-corrected chi connectivity index (χ3v) is 2.36. The number of benzene rings is 1. The molecule has 0 radical (unpaired) electrons. The van der Waals surface area contributed by atoms with Gasteiger partial charge in [0.1, 0.15) is 0 Å². The van der Waals surface area contributed by atoms with Crippen molar-refractivity contribution >= 4 is 27.9 Å². The van der Waals surface area contributed by atoms with Crippen molar-refractivity contribution in [3.05, 3.63) is 34.3 Å². The maximum absolute atomic E-state index is 11.5. The molecule has 0 fully saturated rings. The Labute approximate surface area is 102 Å². The minimum absolute atomic E-state index is 0.157. The quantitative estimate of drug-likeness (QED) is 0.491. The van der Waals surface area contributed by atoms with Gasteiger partial charge in [0.05, 0.1) is 7.11 Å². The van der Waals surface area contributed by atoms with Crippen LogP contribution in [-0.2, 0) is 9.53 Å². The van der Waals surface area contributed by atoms with Crippen LogP contribution in [0.25, 0.3) is 0 Å². The van der Waals surface area contributed by atoms with E-state index in [-0.39, 0.29) is 5.96 Å². The van der Waals surface area contributed by atoms with E-state index in [2.05, 4.69) is 25.7 Å². The summed E-state index contributed by atoms with van der Waals surface area (Å²) in [5.74, 6) is -0.665. The van der Waals surface area contributed by atoms with Crippen LogP contribution in [0, 0.1) is 0 Å². The standard InChI is InChI=1S/C10H12BrN3O2/c1-16-9(15)8(14-10(12)13)6-3-2-4-7(11)5-6/h2-5,8H,1H3,(H4,12,13,14). The van der Waals surface area contributed by atoms with Crippen LogP contribution >= 0.6 is 15.9 Å². The van der Waals surface area contributed by atoms with E-state index in [9.17, 15) is 4.79 Å². The Bertz CT molecular complexity index is 416. The first-order valence-electron chi connectivity index (χ1n) is 4.46. The molecule has 0 bridgehead atoms. The molecule has 1 aromatic rings. The third kappa shape index (κ3) is 3.23. The Kier molecular flexibility index (Phi) is 4.30. The molecule has 0 aliphatic rings. The van der Waals surface area contributed by atoms with Crippen LogP contribution in [0.15, 0.2) is 33.7 Å². The number of esters is 1. The van der Waals surface area contributed by atoms with Gasteiger partial charge in [-0.3, -0.25) is 0 Å². The van der Waals surface area contributed by atoms with Gasteiger partial charge >= 0.3 is 5.97 Å². The summed E-state index contributed by atoms with van der Waals surface area (Å²) in [7, 11) is 1.29. The molecule has 0 amide bonds. The Balaban J connectivity index is 3.11. The number of carbonyl (C=O) groups excluding carboxylic acids is 1. The van der Waals surface area contributed by atoms with Gasteiger partial charge in [0.25, 0.3) is 0 Å². The van der Waals surface area contributed by atoms with Gasteiger partial charge < -0.3 is 16.2 Å². The zero-order valence-corrected chi connectivity index (χ0v) is 10.3. The van der Waals surface area contributed by atoms with Crippen molar-refractivity contribution in [2.24, 2.45) is 16.5 Å². The lowest BCUT2D eigenvalue weighted by Crippen LogP contribution is -2.26. The monoisotopic (exact) mass is 285 g/mol. The zero-order valence-electron chi connectivity index (χ0n) is 8.68. The zero-order chi connectivity index (χ0) is 12.1. The molecule has 0 saturated heterocycles. The first kappa shape index (κ1) is 12.5. The second kappa shape index (κ2) is 5.50. The average molecular weight is 286 g/mol. The number of carbonyl (C=O) groups is 1. The van der Waals surface area contributed by atoms with Crippen LogP contribution in [0.2, 0.25) is 0 Å².